The number of hydrogen-bond acceptors (Lipinski definition) is 5. The number of nitrogens with one attached hydrogen (secondary N) is 2. The van der Waals surface area contributed by atoms with Crippen molar-refractivity contribution in [1.29, 1.82) is 0 Å². The lowest BCUT2D eigenvalue weighted by atomic mass is 9.75. The number of aliphatic imine (C=N–C) groups is 1. The number of nitrogens with zero attached hydrogens (tertiary/aromatic N) is 1. The highest BCUT2D eigenvalue weighted by atomic mass is 19.1. The van der Waals surface area contributed by atoms with Gasteiger partial charge in [-0.1, -0.05) is 36.8 Å². The Morgan fingerprint density at radius 3 is 2.42 bits per heavy atom. The van der Waals surface area contributed by atoms with Crippen LogP contribution >= 0.6 is 0 Å². The zero-order valence-corrected chi connectivity index (χ0v) is 18.3. The van der Waals surface area contributed by atoms with Crippen molar-refractivity contribution in [3.63, 3.8) is 0 Å². The summed E-state index contributed by atoms with van der Waals surface area (Å²) >= 11 is 0. The highest BCUT2D eigenvalue weighted by Crippen LogP contribution is 2.50. The van der Waals surface area contributed by atoms with Crippen LogP contribution in [0.3, 0.4) is 0 Å². The highest BCUT2D eigenvalue weighted by molar-refractivity contribution is 6.18. The van der Waals surface area contributed by atoms with Crippen LogP contribution in [0.4, 0.5) is 10.1 Å². The van der Waals surface area contributed by atoms with Gasteiger partial charge in [-0.15, -0.1) is 0 Å². The lowest BCUT2D eigenvalue weighted by Crippen LogP contribution is -2.33. The van der Waals surface area contributed by atoms with Gasteiger partial charge < -0.3 is 10.1 Å². The Kier molecular flexibility index (Phi) is 5.32. The van der Waals surface area contributed by atoms with Crippen LogP contribution in [0.15, 0.2) is 76.4 Å². The lowest BCUT2D eigenvalue weighted by molar-refractivity contribution is -0.147. The van der Waals surface area contributed by atoms with E-state index in [0.29, 0.717) is 16.8 Å². The van der Waals surface area contributed by atoms with E-state index in [9.17, 15) is 14.0 Å². The van der Waals surface area contributed by atoms with Crippen molar-refractivity contribution >= 4 is 29.1 Å². The summed E-state index contributed by atoms with van der Waals surface area (Å²) in [6.45, 7) is 1.74. The third-order valence-electron chi connectivity index (χ3n) is 6.43. The Bertz CT molecular complexity index is 1210. The third kappa shape index (κ3) is 3.84. The predicted octanol–water partition coefficient (Wildman–Crippen LogP) is 4.71. The smallest absolute Gasteiger partial charge is 0.339 e. The van der Waals surface area contributed by atoms with Gasteiger partial charge in [-0.05, 0) is 68.0 Å². The molecule has 7 heteroatoms. The summed E-state index contributed by atoms with van der Waals surface area (Å²) < 4.78 is 19.2. The van der Waals surface area contributed by atoms with Crippen molar-refractivity contribution in [3.05, 3.63) is 82.8 Å². The summed E-state index contributed by atoms with van der Waals surface area (Å²) in [7, 11) is 0. The summed E-state index contributed by atoms with van der Waals surface area (Å²) in [5.41, 5.74) is 2.75. The minimum Gasteiger partial charge on any atom is -0.451 e. The van der Waals surface area contributed by atoms with E-state index >= 15 is 0 Å². The molecule has 2 aliphatic heterocycles. The number of carbonyl (C=O) groups is 2. The van der Waals surface area contributed by atoms with Crippen molar-refractivity contribution in [3.8, 4) is 0 Å². The maximum atomic E-state index is 13.2. The number of amides is 1. The molecule has 168 valence electrons. The second kappa shape index (κ2) is 8.31. The van der Waals surface area contributed by atoms with E-state index in [4.69, 9.17) is 4.74 Å². The molecule has 2 aromatic carbocycles. The van der Waals surface area contributed by atoms with E-state index in [-0.39, 0.29) is 17.5 Å². The molecule has 6 nitrogen and oxygen atoms in total. The van der Waals surface area contributed by atoms with Crippen LogP contribution in [0.1, 0.15) is 44.6 Å². The number of anilines is 1. The Morgan fingerprint density at radius 2 is 1.73 bits per heavy atom. The molecule has 3 aliphatic rings. The normalized spacial score (nSPS) is 21.1. The van der Waals surface area contributed by atoms with E-state index in [2.05, 4.69) is 15.6 Å². The van der Waals surface area contributed by atoms with Crippen LogP contribution in [0, 0.1) is 5.82 Å². The van der Waals surface area contributed by atoms with Gasteiger partial charge in [0.25, 0.3) is 5.91 Å². The van der Waals surface area contributed by atoms with E-state index in [1.165, 1.54) is 12.1 Å². The summed E-state index contributed by atoms with van der Waals surface area (Å²) in [6.07, 6.45) is 4.61. The monoisotopic (exact) mass is 445 g/mol. The number of guanidine groups is 1. The van der Waals surface area contributed by atoms with Crippen LogP contribution in [0.25, 0.3) is 5.57 Å². The molecule has 1 amide bonds. The molecule has 0 aromatic heterocycles. The molecule has 1 spiro atoms. The molecule has 2 aromatic rings. The number of benzene rings is 2. The number of esters is 1. The Hall–Kier alpha value is -3.74. The lowest BCUT2D eigenvalue weighted by Gasteiger charge is -2.34. The van der Waals surface area contributed by atoms with E-state index < -0.39 is 17.5 Å². The Morgan fingerprint density at radius 1 is 1.03 bits per heavy atom. The first-order valence-electron chi connectivity index (χ1n) is 11.1. The van der Waals surface area contributed by atoms with Crippen LogP contribution in [0.5, 0.6) is 0 Å². The first-order chi connectivity index (χ1) is 16.0. The second-order valence-electron chi connectivity index (χ2n) is 8.58. The highest BCUT2D eigenvalue weighted by Gasteiger charge is 2.49. The van der Waals surface area contributed by atoms with Crippen molar-refractivity contribution < 1.29 is 18.7 Å². The number of rotatable bonds is 3. The maximum Gasteiger partial charge on any atom is 0.339 e. The molecule has 2 heterocycles. The van der Waals surface area contributed by atoms with Crippen LogP contribution in [0.2, 0.25) is 0 Å². The van der Waals surface area contributed by atoms with Gasteiger partial charge in [0.15, 0.2) is 0 Å². The molecule has 0 radical (unpaired) electrons. The van der Waals surface area contributed by atoms with Gasteiger partial charge in [-0.25, -0.2) is 14.2 Å². The Balaban J connectivity index is 1.59. The van der Waals surface area contributed by atoms with E-state index in [0.717, 1.165) is 43.2 Å². The fraction of sp³-hybridized carbons (Fsp3) is 0.269. The zero-order valence-electron chi connectivity index (χ0n) is 18.3. The zero-order chi connectivity index (χ0) is 23.0. The summed E-state index contributed by atoms with van der Waals surface area (Å²) in [6, 6.07) is 15.5. The number of carbonyl (C=O) groups excluding carboxylic acids is 2. The molecular formula is C26H24FN3O3. The summed E-state index contributed by atoms with van der Waals surface area (Å²) in [4.78, 5) is 30.4. The summed E-state index contributed by atoms with van der Waals surface area (Å²) in [5, 5.41) is 5.66. The first kappa shape index (κ1) is 21.1. The standard InChI is InChI=1S/C26H24FN3O3/c1-16(22-23(31)30-25(29-22)28-19-12-10-18(27)11-13-19)20-21(17-8-4-2-5-9-17)26(33-24(20)32)14-6-3-7-15-26/h2,4-5,8-13H,3,6-7,14-15H2,1H3,(H2,28,29,30,31)/b22-16+. The van der Waals surface area contributed by atoms with Crippen LogP contribution < -0.4 is 10.6 Å². The average molecular weight is 445 g/mol. The van der Waals surface area contributed by atoms with E-state index in [1.54, 1.807) is 19.1 Å². The minimum atomic E-state index is -0.665. The average Bonchev–Trinajstić information content (AvgIpc) is 3.32. The molecule has 0 atom stereocenters. The molecule has 1 fully saturated rings. The Labute approximate surface area is 191 Å². The number of halogens is 1. The number of hydrogen-bond donors (Lipinski definition) is 2. The largest absolute Gasteiger partial charge is 0.451 e. The van der Waals surface area contributed by atoms with Crippen molar-refractivity contribution in [2.45, 2.75) is 44.6 Å². The van der Waals surface area contributed by atoms with Gasteiger partial charge in [0.1, 0.15) is 17.1 Å². The van der Waals surface area contributed by atoms with Crippen molar-refractivity contribution in [2.75, 3.05) is 5.32 Å². The quantitative estimate of drug-likeness (QED) is 0.530. The molecule has 33 heavy (non-hydrogen) atoms. The number of ether oxygens (including phenoxy) is 1. The molecule has 5 rings (SSSR count). The molecule has 0 bridgehead atoms. The van der Waals surface area contributed by atoms with Crippen LogP contribution in [-0.2, 0) is 14.3 Å². The maximum absolute atomic E-state index is 13.2. The fourth-order valence-corrected chi connectivity index (χ4v) is 4.90. The molecule has 0 unspecified atom stereocenters. The van der Waals surface area contributed by atoms with Gasteiger partial charge in [0.05, 0.1) is 5.57 Å². The first-order valence-corrected chi connectivity index (χ1v) is 11.1. The SMILES string of the molecule is C/C(C1=C(c2ccccc2)C2(CCCCC2)OC1=O)=C1\N=C(Nc2ccc(F)cc2)NC1=O. The van der Waals surface area contributed by atoms with E-state index in [1.807, 2.05) is 30.3 Å². The van der Waals surface area contributed by atoms with Gasteiger partial charge in [0.2, 0.25) is 5.96 Å². The van der Waals surface area contributed by atoms with Gasteiger partial charge in [0, 0.05) is 11.3 Å². The molecule has 2 N–H and O–H groups in total. The van der Waals surface area contributed by atoms with Gasteiger partial charge >= 0.3 is 5.97 Å². The molecule has 1 saturated carbocycles. The van der Waals surface area contributed by atoms with Crippen LogP contribution in [-0.4, -0.2) is 23.4 Å². The van der Waals surface area contributed by atoms with Gasteiger partial charge in [-0.3, -0.25) is 10.1 Å². The van der Waals surface area contributed by atoms with Crippen molar-refractivity contribution in [2.24, 2.45) is 4.99 Å². The summed E-state index contributed by atoms with van der Waals surface area (Å²) in [5.74, 6) is -0.953. The molecule has 1 aliphatic carbocycles. The third-order valence-corrected chi connectivity index (χ3v) is 6.43. The van der Waals surface area contributed by atoms with Gasteiger partial charge in [-0.2, -0.15) is 0 Å². The van der Waals surface area contributed by atoms with Crippen molar-refractivity contribution in [1.82, 2.24) is 5.32 Å². The topological polar surface area (TPSA) is 79.8 Å². The molecule has 0 saturated heterocycles. The predicted molar refractivity (Wildman–Crippen MR) is 124 cm³/mol. The molecular weight excluding hydrogens is 421 g/mol. The fourth-order valence-electron chi connectivity index (χ4n) is 4.90. The minimum absolute atomic E-state index is 0.160. The second-order valence-corrected chi connectivity index (χ2v) is 8.58.